The van der Waals surface area contributed by atoms with Gasteiger partial charge in [0.25, 0.3) is 0 Å². The van der Waals surface area contributed by atoms with Crippen LogP contribution in [0.15, 0.2) is 12.3 Å². The van der Waals surface area contributed by atoms with E-state index in [0.29, 0.717) is 18.7 Å². The summed E-state index contributed by atoms with van der Waals surface area (Å²) in [4.78, 5) is 11.5. The monoisotopic (exact) mass is 181 g/mol. The van der Waals surface area contributed by atoms with Crippen molar-refractivity contribution in [3.63, 3.8) is 0 Å². The number of carbonyl (C=O) groups excluding carboxylic acids is 1. The zero-order valence-electron chi connectivity index (χ0n) is 8.03. The number of carbonyl (C=O) groups is 1. The molecule has 0 aromatic carbocycles. The van der Waals surface area contributed by atoms with Gasteiger partial charge in [0.1, 0.15) is 5.69 Å². The molecule has 13 heavy (non-hydrogen) atoms. The third-order valence-corrected chi connectivity index (χ3v) is 1.82. The van der Waals surface area contributed by atoms with E-state index in [0.717, 1.165) is 0 Å². The summed E-state index contributed by atoms with van der Waals surface area (Å²) in [6.45, 7) is 4.38. The van der Waals surface area contributed by atoms with Crippen LogP contribution >= 0.6 is 0 Å². The topological polar surface area (TPSA) is 60.9 Å². The van der Waals surface area contributed by atoms with Gasteiger partial charge in [-0.25, -0.2) is 0 Å². The zero-order chi connectivity index (χ0) is 9.84. The fourth-order valence-corrected chi connectivity index (χ4v) is 1.21. The van der Waals surface area contributed by atoms with Crippen LogP contribution in [0.2, 0.25) is 0 Å². The Hall–Kier alpha value is -1.16. The minimum absolute atomic E-state index is 0.0636. The van der Waals surface area contributed by atoms with E-state index in [1.54, 1.807) is 16.9 Å². The Morgan fingerprint density at radius 3 is 2.92 bits per heavy atom. The second-order valence-electron chi connectivity index (χ2n) is 3.22. The third kappa shape index (κ3) is 2.15. The second-order valence-corrected chi connectivity index (χ2v) is 3.22. The van der Waals surface area contributed by atoms with Crippen LogP contribution in [0.3, 0.4) is 0 Å². The Morgan fingerprint density at radius 1 is 1.69 bits per heavy atom. The number of hydrogen-bond acceptors (Lipinski definition) is 3. The molecule has 0 aliphatic heterocycles. The SMILES string of the molecule is CC(C)n1nccc1C(=O)CCN. The summed E-state index contributed by atoms with van der Waals surface area (Å²) in [6.07, 6.45) is 2.03. The molecular formula is C9H15N3O. The fourth-order valence-electron chi connectivity index (χ4n) is 1.21. The smallest absolute Gasteiger partial charge is 0.182 e. The first kappa shape index (κ1) is 9.92. The van der Waals surface area contributed by atoms with Gasteiger partial charge in [0, 0.05) is 18.7 Å². The van der Waals surface area contributed by atoms with E-state index in [9.17, 15) is 4.79 Å². The van der Waals surface area contributed by atoms with E-state index >= 15 is 0 Å². The van der Waals surface area contributed by atoms with Crippen LogP contribution in [-0.4, -0.2) is 22.1 Å². The van der Waals surface area contributed by atoms with Gasteiger partial charge >= 0.3 is 0 Å². The Labute approximate surface area is 77.7 Å². The molecule has 1 rings (SSSR count). The predicted molar refractivity (Wildman–Crippen MR) is 50.6 cm³/mol. The van der Waals surface area contributed by atoms with E-state index in [4.69, 9.17) is 5.73 Å². The molecule has 0 unspecified atom stereocenters. The molecule has 4 nitrogen and oxygen atoms in total. The van der Waals surface area contributed by atoms with Crippen LogP contribution < -0.4 is 5.73 Å². The standard InChI is InChI=1S/C9H15N3O/c1-7(2)12-8(4-6-11-12)9(13)3-5-10/h4,6-7H,3,5,10H2,1-2H3. The van der Waals surface area contributed by atoms with Crippen molar-refractivity contribution in [2.75, 3.05) is 6.54 Å². The highest BCUT2D eigenvalue weighted by Crippen LogP contribution is 2.09. The molecule has 0 fully saturated rings. The highest BCUT2D eigenvalue weighted by Gasteiger charge is 2.12. The van der Waals surface area contributed by atoms with Crippen LogP contribution in [0.1, 0.15) is 36.8 Å². The lowest BCUT2D eigenvalue weighted by atomic mass is 10.2. The summed E-state index contributed by atoms with van der Waals surface area (Å²) in [7, 11) is 0. The van der Waals surface area contributed by atoms with Crippen molar-refractivity contribution in [3.05, 3.63) is 18.0 Å². The lowest BCUT2D eigenvalue weighted by molar-refractivity contribution is 0.0973. The van der Waals surface area contributed by atoms with Crippen LogP contribution in [0, 0.1) is 0 Å². The molecule has 0 spiro atoms. The van der Waals surface area contributed by atoms with Crippen molar-refractivity contribution in [3.8, 4) is 0 Å². The highest BCUT2D eigenvalue weighted by atomic mass is 16.1. The van der Waals surface area contributed by atoms with Gasteiger partial charge in [-0.05, 0) is 26.5 Å². The molecule has 0 saturated heterocycles. The molecule has 0 aliphatic carbocycles. The molecule has 0 amide bonds. The molecule has 0 saturated carbocycles. The van der Waals surface area contributed by atoms with Crippen molar-refractivity contribution < 1.29 is 4.79 Å². The maximum Gasteiger partial charge on any atom is 0.182 e. The molecule has 1 aromatic rings. The summed E-state index contributed by atoms with van der Waals surface area (Å²) in [5.41, 5.74) is 5.96. The van der Waals surface area contributed by atoms with Crippen LogP contribution in [0.25, 0.3) is 0 Å². The Kier molecular flexibility index (Phi) is 3.19. The molecular weight excluding hydrogens is 166 g/mol. The number of rotatable bonds is 4. The van der Waals surface area contributed by atoms with Gasteiger partial charge in [-0.1, -0.05) is 0 Å². The quantitative estimate of drug-likeness (QED) is 0.705. The van der Waals surface area contributed by atoms with Crippen molar-refractivity contribution in [2.24, 2.45) is 5.73 Å². The van der Waals surface area contributed by atoms with Crippen molar-refractivity contribution in [1.29, 1.82) is 0 Å². The predicted octanol–water partition coefficient (Wildman–Crippen LogP) is 0.996. The molecule has 4 heteroatoms. The average Bonchev–Trinajstić information content (AvgIpc) is 2.52. The summed E-state index contributed by atoms with van der Waals surface area (Å²) >= 11 is 0. The number of hydrogen-bond donors (Lipinski definition) is 1. The lowest BCUT2D eigenvalue weighted by Gasteiger charge is -2.09. The van der Waals surface area contributed by atoms with Gasteiger partial charge in [0.15, 0.2) is 5.78 Å². The third-order valence-electron chi connectivity index (χ3n) is 1.82. The Balaban J connectivity index is 2.87. The van der Waals surface area contributed by atoms with E-state index < -0.39 is 0 Å². The Bertz CT molecular complexity index is 291. The highest BCUT2D eigenvalue weighted by molar-refractivity contribution is 5.94. The molecule has 0 bridgehead atoms. The number of nitrogens with zero attached hydrogens (tertiary/aromatic N) is 2. The van der Waals surface area contributed by atoms with Gasteiger partial charge in [-0.3, -0.25) is 9.48 Å². The van der Waals surface area contributed by atoms with E-state index in [-0.39, 0.29) is 11.8 Å². The first-order chi connectivity index (χ1) is 6.16. The zero-order valence-corrected chi connectivity index (χ0v) is 8.03. The van der Waals surface area contributed by atoms with E-state index in [2.05, 4.69) is 5.10 Å². The van der Waals surface area contributed by atoms with Gasteiger partial charge in [0.2, 0.25) is 0 Å². The number of ketones is 1. The van der Waals surface area contributed by atoms with Gasteiger partial charge < -0.3 is 5.73 Å². The van der Waals surface area contributed by atoms with Crippen molar-refractivity contribution >= 4 is 5.78 Å². The Morgan fingerprint density at radius 2 is 2.38 bits per heavy atom. The first-order valence-electron chi connectivity index (χ1n) is 4.43. The second kappa shape index (κ2) is 4.18. The summed E-state index contributed by atoms with van der Waals surface area (Å²) in [5.74, 6) is 0.0636. The maximum atomic E-state index is 11.5. The molecule has 1 aromatic heterocycles. The van der Waals surface area contributed by atoms with Gasteiger partial charge in [-0.15, -0.1) is 0 Å². The molecule has 1 heterocycles. The largest absolute Gasteiger partial charge is 0.330 e. The number of nitrogens with two attached hydrogens (primary N) is 1. The minimum atomic E-state index is 0.0636. The number of Topliss-reactive ketones (excluding diaryl/α,β-unsaturated/α-hetero) is 1. The molecule has 2 N–H and O–H groups in total. The summed E-state index contributed by atoms with van der Waals surface area (Å²) in [5, 5.41) is 4.07. The van der Waals surface area contributed by atoms with Crippen molar-refractivity contribution in [2.45, 2.75) is 26.3 Å². The maximum absolute atomic E-state index is 11.5. The van der Waals surface area contributed by atoms with Gasteiger partial charge in [-0.2, -0.15) is 5.10 Å². The molecule has 0 aliphatic rings. The summed E-state index contributed by atoms with van der Waals surface area (Å²) in [6, 6.07) is 1.95. The van der Waals surface area contributed by atoms with E-state index in [1.165, 1.54) is 0 Å². The lowest BCUT2D eigenvalue weighted by Crippen LogP contribution is -2.15. The molecule has 72 valence electrons. The first-order valence-corrected chi connectivity index (χ1v) is 4.43. The fraction of sp³-hybridized carbons (Fsp3) is 0.556. The molecule has 0 radical (unpaired) electrons. The molecule has 0 atom stereocenters. The minimum Gasteiger partial charge on any atom is -0.330 e. The summed E-state index contributed by atoms with van der Waals surface area (Å²) < 4.78 is 1.72. The van der Waals surface area contributed by atoms with E-state index in [1.807, 2.05) is 13.8 Å². The van der Waals surface area contributed by atoms with Crippen LogP contribution in [0.5, 0.6) is 0 Å². The van der Waals surface area contributed by atoms with Crippen LogP contribution in [-0.2, 0) is 0 Å². The van der Waals surface area contributed by atoms with Crippen LogP contribution in [0.4, 0.5) is 0 Å². The average molecular weight is 181 g/mol. The normalized spacial score (nSPS) is 10.8. The van der Waals surface area contributed by atoms with Gasteiger partial charge in [0.05, 0.1) is 0 Å². The number of aromatic nitrogens is 2. The van der Waals surface area contributed by atoms with Crippen molar-refractivity contribution in [1.82, 2.24) is 9.78 Å².